The van der Waals surface area contributed by atoms with E-state index in [1.54, 1.807) is 24.5 Å². The van der Waals surface area contributed by atoms with Crippen LogP contribution in [-0.4, -0.2) is 28.8 Å². The van der Waals surface area contributed by atoms with Gasteiger partial charge in [0.15, 0.2) is 11.6 Å². The van der Waals surface area contributed by atoms with E-state index in [0.717, 1.165) is 30.5 Å². The lowest BCUT2D eigenvalue weighted by Gasteiger charge is -2.10. The lowest BCUT2D eigenvalue weighted by molar-refractivity contribution is -0.118. The molecule has 5 nitrogen and oxygen atoms in total. The Bertz CT molecular complexity index is 814. The van der Waals surface area contributed by atoms with Crippen molar-refractivity contribution in [1.29, 1.82) is 0 Å². The largest absolute Gasteiger partial charge is 0.490 e. The number of amides is 1. The van der Waals surface area contributed by atoms with Crippen molar-refractivity contribution < 1.29 is 18.3 Å². The molecule has 1 fully saturated rings. The Kier molecular flexibility index (Phi) is 8.17. The lowest BCUT2D eigenvalue weighted by Crippen LogP contribution is -2.19. The minimum atomic E-state index is -0.565. The molecule has 1 saturated carbocycles. The van der Waals surface area contributed by atoms with Gasteiger partial charge < -0.3 is 10.1 Å². The van der Waals surface area contributed by atoms with Crippen molar-refractivity contribution in [3.63, 3.8) is 0 Å². The van der Waals surface area contributed by atoms with Crippen LogP contribution in [0.4, 0.5) is 8.78 Å². The number of benzene rings is 1. The predicted molar refractivity (Wildman–Crippen MR) is 105 cm³/mol. The predicted octanol–water partition coefficient (Wildman–Crippen LogP) is 4.17. The molecule has 1 aromatic heterocycles. The molecule has 1 aromatic carbocycles. The molecule has 0 aliphatic heterocycles. The monoisotopic (exact) mass is 391 g/mol. The van der Waals surface area contributed by atoms with Crippen LogP contribution in [0, 0.1) is 17.6 Å². The minimum absolute atomic E-state index is 0.0415. The Hall–Kier alpha value is -2.70. The van der Waals surface area contributed by atoms with Gasteiger partial charge >= 0.3 is 0 Å². The maximum atomic E-state index is 14.2. The zero-order chi connectivity index (χ0) is 20.5. The highest BCUT2D eigenvalue weighted by molar-refractivity contribution is 5.73. The minimum Gasteiger partial charge on any atom is -0.490 e. The molecule has 0 saturated heterocycles. The molecular weight excluding hydrogens is 364 g/mol. The maximum Gasteiger partial charge on any atom is 0.217 e. The van der Waals surface area contributed by atoms with Crippen molar-refractivity contribution in [2.24, 2.45) is 5.92 Å². The van der Waals surface area contributed by atoms with Gasteiger partial charge in [0.2, 0.25) is 5.91 Å². The Labute approximate surface area is 164 Å². The van der Waals surface area contributed by atoms with Crippen LogP contribution in [0.15, 0.2) is 30.6 Å². The zero-order valence-corrected chi connectivity index (χ0v) is 16.5. The van der Waals surface area contributed by atoms with Gasteiger partial charge in [-0.25, -0.2) is 8.78 Å². The number of carbonyl (C=O) groups is 1. The fourth-order valence-corrected chi connectivity index (χ4v) is 2.42. The van der Waals surface area contributed by atoms with Crippen molar-refractivity contribution >= 4 is 12.0 Å². The molecule has 0 radical (unpaired) electrons. The number of nitrogens with zero attached hydrogens (tertiary/aromatic N) is 2. The standard InChI is InChI=1S/C19H21F2N3O2.C2H6/c1-13(25)22-6-2-3-15-9-23-24(10-15)11-16-7-18(21)19(8-17(16)20)26-12-14-4-5-14;1-2/h2-3,7-10,14H,4-6,11-12H2,1H3,(H,22,25);1-2H3/b3-2+;. The third-order valence-corrected chi connectivity index (χ3v) is 4.04. The Balaban J connectivity index is 0.00000136. The van der Waals surface area contributed by atoms with Crippen LogP contribution in [0.1, 0.15) is 44.7 Å². The van der Waals surface area contributed by atoms with Crippen LogP contribution in [0.5, 0.6) is 5.75 Å². The first-order valence-electron chi connectivity index (χ1n) is 9.55. The van der Waals surface area contributed by atoms with Crippen molar-refractivity contribution in [1.82, 2.24) is 15.1 Å². The van der Waals surface area contributed by atoms with Gasteiger partial charge in [0.1, 0.15) is 5.82 Å². The van der Waals surface area contributed by atoms with E-state index < -0.39 is 11.6 Å². The summed E-state index contributed by atoms with van der Waals surface area (Å²) in [5.41, 5.74) is 1.01. The molecule has 1 amide bonds. The van der Waals surface area contributed by atoms with Crippen LogP contribution in [-0.2, 0) is 11.3 Å². The summed E-state index contributed by atoms with van der Waals surface area (Å²) in [5, 5.41) is 6.79. The van der Waals surface area contributed by atoms with E-state index in [4.69, 9.17) is 4.74 Å². The first-order valence-corrected chi connectivity index (χ1v) is 9.55. The molecular formula is C21H27F2N3O2. The smallest absolute Gasteiger partial charge is 0.217 e. The van der Waals surface area contributed by atoms with E-state index in [9.17, 15) is 13.6 Å². The number of halogens is 2. The van der Waals surface area contributed by atoms with Crippen LogP contribution in [0.2, 0.25) is 0 Å². The Morgan fingerprint density at radius 3 is 2.75 bits per heavy atom. The molecule has 3 rings (SSSR count). The molecule has 1 heterocycles. The SMILES string of the molecule is CC.CC(=O)NC/C=C/c1cnn(Cc2cc(F)c(OCC3CC3)cc2F)c1. The van der Waals surface area contributed by atoms with Crippen LogP contribution < -0.4 is 10.1 Å². The van der Waals surface area contributed by atoms with Crippen molar-refractivity contribution in [2.75, 3.05) is 13.2 Å². The van der Waals surface area contributed by atoms with E-state index in [1.165, 1.54) is 11.6 Å². The summed E-state index contributed by atoms with van der Waals surface area (Å²) in [5.74, 6) is -0.758. The molecule has 1 N–H and O–H groups in total. The second kappa shape index (κ2) is 10.6. The van der Waals surface area contributed by atoms with Crippen LogP contribution in [0.3, 0.4) is 0 Å². The second-order valence-corrected chi connectivity index (χ2v) is 6.44. The normalized spacial score (nSPS) is 13.2. The van der Waals surface area contributed by atoms with E-state index in [0.29, 0.717) is 19.1 Å². The topological polar surface area (TPSA) is 56.2 Å². The second-order valence-electron chi connectivity index (χ2n) is 6.44. The molecule has 7 heteroatoms. The summed E-state index contributed by atoms with van der Waals surface area (Å²) in [7, 11) is 0. The zero-order valence-electron chi connectivity index (χ0n) is 16.5. The third kappa shape index (κ3) is 6.79. The molecule has 0 atom stereocenters. The average Bonchev–Trinajstić information content (AvgIpc) is 3.40. The number of ether oxygens (including phenoxy) is 1. The molecule has 0 spiro atoms. The summed E-state index contributed by atoms with van der Waals surface area (Å²) < 4.78 is 35.2. The quantitative estimate of drug-likeness (QED) is 0.735. The van der Waals surface area contributed by atoms with Gasteiger partial charge in [0.25, 0.3) is 0 Å². The van der Waals surface area contributed by atoms with Crippen molar-refractivity contribution in [3.05, 3.63) is 53.4 Å². The molecule has 1 aliphatic carbocycles. The Morgan fingerprint density at radius 2 is 2.07 bits per heavy atom. The van der Waals surface area contributed by atoms with Crippen LogP contribution in [0.25, 0.3) is 6.08 Å². The van der Waals surface area contributed by atoms with Gasteiger partial charge in [-0.15, -0.1) is 0 Å². The summed E-state index contributed by atoms with van der Waals surface area (Å²) >= 11 is 0. The van der Waals surface area contributed by atoms with Gasteiger partial charge in [-0.3, -0.25) is 9.48 Å². The summed E-state index contributed by atoms with van der Waals surface area (Å²) in [6, 6.07) is 2.26. The fourth-order valence-electron chi connectivity index (χ4n) is 2.42. The van der Waals surface area contributed by atoms with E-state index in [-0.39, 0.29) is 23.8 Å². The average molecular weight is 391 g/mol. The number of rotatable bonds is 8. The molecule has 1 aliphatic rings. The van der Waals surface area contributed by atoms with E-state index in [2.05, 4.69) is 10.4 Å². The summed E-state index contributed by atoms with van der Waals surface area (Å²) in [6.45, 7) is 6.42. The van der Waals surface area contributed by atoms with Gasteiger partial charge in [0.05, 0.1) is 19.3 Å². The molecule has 0 bridgehead atoms. The number of aromatic nitrogens is 2. The summed E-state index contributed by atoms with van der Waals surface area (Å²) in [4.78, 5) is 10.8. The lowest BCUT2D eigenvalue weighted by atomic mass is 10.2. The molecule has 0 unspecified atom stereocenters. The number of hydrogen-bond donors (Lipinski definition) is 1. The highest BCUT2D eigenvalue weighted by Gasteiger charge is 2.23. The van der Waals surface area contributed by atoms with E-state index in [1.807, 2.05) is 13.8 Å². The van der Waals surface area contributed by atoms with Gasteiger partial charge in [-0.2, -0.15) is 5.10 Å². The van der Waals surface area contributed by atoms with Gasteiger partial charge in [0, 0.05) is 36.9 Å². The number of hydrogen-bond acceptors (Lipinski definition) is 3. The first kappa shape index (κ1) is 21.6. The number of carbonyl (C=O) groups excluding carboxylic acids is 1. The number of nitrogens with one attached hydrogen (secondary N) is 1. The molecule has 28 heavy (non-hydrogen) atoms. The van der Waals surface area contributed by atoms with Gasteiger partial charge in [-0.1, -0.05) is 26.0 Å². The molecule has 2 aromatic rings. The third-order valence-electron chi connectivity index (χ3n) is 4.04. The Morgan fingerprint density at radius 1 is 1.32 bits per heavy atom. The van der Waals surface area contributed by atoms with Crippen molar-refractivity contribution in [3.8, 4) is 5.75 Å². The maximum absolute atomic E-state index is 14.2. The fraction of sp³-hybridized carbons (Fsp3) is 0.429. The van der Waals surface area contributed by atoms with Gasteiger partial charge in [-0.05, 0) is 24.8 Å². The first-order chi connectivity index (χ1) is 13.5. The van der Waals surface area contributed by atoms with Crippen molar-refractivity contribution in [2.45, 2.75) is 40.2 Å². The highest BCUT2D eigenvalue weighted by Crippen LogP contribution is 2.30. The van der Waals surface area contributed by atoms with E-state index >= 15 is 0 Å². The summed E-state index contributed by atoms with van der Waals surface area (Å²) in [6.07, 6.45) is 9.09. The molecule has 152 valence electrons. The van der Waals surface area contributed by atoms with Crippen LogP contribution >= 0.6 is 0 Å². The highest BCUT2D eigenvalue weighted by atomic mass is 19.1.